The number of hydrogen-bond donors (Lipinski definition) is 0. The topological polar surface area (TPSA) is 22.0 Å². The maximum absolute atomic E-state index is 13.0. The van der Waals surface area contributed by atoms with Crippen LogP contribution in [0.1, 0.15) is 6.42 Å². The molecule has 0 bridgehead atoms. The van der Waals surface area contributed by atoms with Gasteiger partial charge in [-0.1, -0.05) is 48.5 Å². The van der Waals surface area contributed by atoms with Gasteiger partial charge >= 0.3 is 0 Å². The van der Waals surface area contributed by atoms with Crippen molar-refractivity contribution in [1.82, 2.24) is 4.57 Å². The van der Waals surface area contributed by atoms with Gasteiger partial charge in [0, 0.05) is 18.6 Å². The van der Waals surface area contributed by atoms with Gasteiger partial charge in [-0.15, -0.1) is 11.6 Å². The molecule has 1 heterocycles. The minimum Gasteiger partial charge on any atom is -0.315 e. The lowest BCUT2D eigenvalue weighted by molar-refractivity contribution is 0.663. The molecular formula is C20H16ClNO. The highest BCUT2D eigenvalue weighted by Crippen LogP contribution is 2.32. The second-order valence-electron chi connectivity index (χ2n) is 5.74. The molecule has 4 rings (SSSR count). The third-order valence-electron chi connectivity index (χ3n) is 4.40. The number of rotatable bonds is 3. The van der Waals surface area contributed by atoms with Crippen molar-refractivity contribution in [2.24, 2.45) is 0 Å². The van der Waals surface area contributed by atoms with E-state index in [1.165, 1.54) is 5.39 Å². The first-order valence-corrected chi connectivity index (χ1v) is 8.33. The van der Waals surface area contributed by atoms with E-state index in [1.807, 2.05) is 36.5 Å². The highest BCUT2D eigenvalue weighted by atomic mass is 35.5. The quantitative estimate of drug-likeness (QED) is 0.387. The molecule has 0 spiro atoms. The minimum atomic E-state index is 0.0644. The number of pyridine rings is 1. The molecule has 2 nitrogen and oxygen atoms in total. The van der Waals surface area contributed by atoms with Crippen LogP contribution in [0, 0.1) is 0 Å². The van der Waals surface area contributed by atoms with Crippen molar-refractivity contribution in [2.45, 2.75) is 13.0 Å². The average molecular weight is 322 g/mol. The van der Waals surface area contributed by atoms with Gasteiger partial charge in [0.1, 0.15) is 0 Å². The summed E-state index contributed by atoms with van der Waals surface area (Å²) in [6.07, 6.45) is 2.68. The fraction of sp³-hybridized carbons (Fsp3) is 0.150. The fourth-order valence-electron chi connectivity index (χ4n) is 3.35. The Labute approximate surface area is 138 Å². The first kappa shape index (κ1) is 14.3. The van der Waals surface area contributed by atoms with E-state index in [0.29, 0.717) is 12.4 Å². The van der Waals surface area contributed by atoms with Crippen LogP contribution in [-0.4, -0.2) is 10.4 Å². The van der Waals surface area contributed by atoms with Crippen molar-refractivity contribution in [3.8, 4) is 0 Å². The van der Waals surface area contributed by atoms with Crippen LogP contribution >= 0.6 is 11.6 Å². The van der Waals surface area contributed by atoms with Gasteiger partial charge in [-0.05, 0) is 39.4 Å². The lowest BCUT2D eigenvalue weighted by atomic mass is 9.95. The van der Waals surface area contributed by atoms with Crippen molar-refractivity contribution >= 4 is 43.9 Å². The van der Waals surface area contributed by atoms with E-state index in [1.54, 1.807) is 4.57 Å². The van der Waals surface area contributed by atoms with Gasteiger partial charge < -0.3 is 4.57 Å². The molecule has 0 N–H and O–H groups in total. The first-order valence-electron chi connectivity index (χ1n) is 7.80. The predicted molar refractivity (Wildman–Crippen MR) is 98.6 cm³/mol. The number of aromatic nitrogens is 1. The summed E-state index contributed by atoms with van der Waals surface area (Å²) in [6.45, 7) is 0.652. The predicted octanol–water partition coefficient (Wildman–Crippen LogP) is 4.94. The maximum atomic E-state index is 13.0. The molecule has 23 heavy (non-hydrogen) atoms. The Hall–Kier alpha value is -2.32. The van der Waals surface area contributed by atoms with Gasteiger partial charge in [0.2, 0.25) is 0 Å². The Morgan fingerprint density at radius 3 is 1.91 bits per heavy atom. The Morgan fingerprint density at radius 1 is 0.783 bits per heavy atom. The summed E-state index contributed by atoms with van der Waals surface area (Å²) in [5, 5.41) is 6.29. The number of halogens is 1. The van der Waals surface area contributed by atoms with Crippen molar-refractivity contribution in [3.63, 3.8) is 0 Å². The van der Waals surface area contributed by atoms with Gasteiger partial charge in [0.15, 0.2) is 0 Å². The summed E-state index contributed by atoms with van der Waals surface area (Å²) in [4.78, 5) is 13.0. The third kappa shape index (κ3) is 2.22. The Kier molecular flexibility index (Phi) is 3.55. The second kappa shape index (κ2) is 5.71. The van der Waals surface area contributed by atoms with Crippen molar-refractivity contribution in [1.29, 1.82) is 0 Å². The van der Waals surface area contributed by atoms with Crippen LogP contribution in [0.2, 0.25) is 0 Å². The molecule has 0 aliphatic rings. The van der Waals surface area contributed by atoms with Gasteiger partial charge in [-0.25, -0.2) is 0 Å². The molecule has 1 aromatic heterocycles. The fourth-order valence-corrected chi connectivity index (χ4v) is 3.47. The highest BCUT2D eigenvalue weighted by Gasteiger charge is 2.11. The number of aryl methyl sites for hydroxylation is 1. The molecule has 0 unspecified atom stereocenters. The lowest BCUT2D eigenvalue weighted by Gasteiger charge is -2.12. The summed E-state index contributed by atoms with van der Waals surface area (Å²) in [5.74, 6) is 0.558. The van der Waals surface area contributed by atoms with E-state index in [0.717, 1.165) is 33.4 Å². The molecule has 4 aromatic rings. The first-order chi connectivity index (χ1) is 11.3. The molecule has 0 aliphatic heterocycles. The largest absolute Gasteiger partial charge is 0.315 e. The molecule has 0 radical (unpaired) electrons. The van der Waals surface area contributed by atoms with Gasteiger partial charge in [-0.3, -0.25) is 4.79 Å². The molecule has 0 atom stereocenters. The Morgan fingerprint density at radius 2 is 1.30 bits per heavy atom. The normalized spacial score (nSPS) is 11.5. The molecule has 0 saturated heterocycles. The molecule has 0 aliphatic carbocycles. The SMILES string of the molecule is O=c1c2c3ccccc3c3ccccc3c2ccn1CCCCl. The number of fused-ring (bicyclic) bond motifs is 6. The van der Waals surface area contributed by atoms with Crippen LogP contribution in [0.3, 0.4) is 0 Å². The molecular weight excluding hydrogens is 306 g/mol. The van der Waals surface area contributed by atoms with Crippen LogP contribution in [0.5, 0.6) is 0 Å². The maximum Gasteiger partial charge on any atom is 0.259 e. The third-order valence-corrected chi connectivity index (χ3v) is 4.67. The standard InChI is InChI=1S/C20H16ClNO/c21-11-5-12-22-13-10-18-16-8-2-1-6-14(16)15-7-3-4-9-17(15)19(18)20(22)23/h1-4,6-10,13H,5,11-12H2. The van der Waals surface area contributed by atoms with Crippen molar-refractivity contribution < 1.29 is 0 Å². The Bertz CT molecular complexity index is 1050. The molecule has 114 valence electrons. The van der Waals surface area contributed by atoms with Crippen molar-refractivity contribution in [3.05, 3.63) is 71.1 Å². The van der Waals surface area contributed by atoms with Gasteiger partial charge in [0.05, 0.1) is 5.39 Å². The smallest absolute Gasteiger partial charge is 0.259 e. The zero-order valence-electron chi connectivity index (χ0n) is 12.6. The van der Waals surface area contributed by atoms with E-state index in [-0.39, 0.29) is 5.56 Å². The molecule has 0 amide bonds. The number of alkyl halides is 1. The van der Waals surface area contributed by atoms with Crippen LogP contribution < -0.4 is 5.56 Å². The van der Waals surface area contributed by atoms with Gasteiger partial charge in [0.25, 0.3) is 5.56 Å². The van der Waals surface area contributed by atoms with E-state index in [2.05, 4.69) is 24.3 Å². The van der Waals surface area contributed by atoms with E-state index >= 15 is 0 Å². The minimum absolute atomic E-state index is 0.0644. The summed E-state index contributed by atoms with van der Waals surface area (Å²) in [5.41, 5.74) is 0.0644. The van der Waals surface area contributed by atoms with E-state index in [9.17, 15) is 4.79 Å². The number of hydrogen-bond acceptors (Lipinski definition) is 1. The Balaban J connectivity index is 2.21. The van der Waals surface area contributed by atoms with Crippen LogP contribution in [0.4, 0.5) is 0 Å². The summed E-state index contributed by atoms with van der Waals surface area (Å²) >= 11 is 5.78. The van der Waals surface area contributed by atoms with E-state index in [4.69, 9.17) is 11.6 Å². The van der Waals surface area contributed by atoms with Crippen molar-refractivity contribution in [2.75, 3.05) is 5.88 Å². The number of benzene rings is 3. The zero-order chi connectivity index (χ0) is 15.8. The molecule has 0 fully saturated rings. The monoisotopic (exact) mass is 321 g/mol. The summed E-state index contributed by atoms with van der Waals surface area (Å²) in [6, 6.07) is 18.5. The molecule has 3 heteroatoms. The summed E-state index contributed by atoms with van der Waals surface area (Å²) < 4.78 is 1.77. The van der Waals surface area contributed by atoms with Gasteiger partial charge in [-0.2, -0.15) is 0 Å². The molecule has 3 aromatic carbocycles. The summed E-state index contributed by atoms with van der Waals surface area (Å²) in [7, 11) is 0. The second-order valence-corrected chi connectivity index (χ2v) is 6.11. The lowest BCUT2D eigenvalue weighted by Crippen LogP contribution is -2.20. The average Bonchev–Trinajstić information content (AvgIpc) is 2.61. The zero-order valence-corrected chi connectivity index (χ0v) is 13.4. The highest BCUT2D eigenvalue weighted by molar-refractivity contribution is 6.24. The van der Waals surface area contributed by atoms with Crippen LogP contribution in [0.15, 0.2) is 65.6 Å². The van der Waals surface area contributed by atoms with Crippen LogP contribution in [0.25, 0.3) is 32.3 Å². The van der Waals surface area contributed by atoms with Crippen LogP contribution in [-0.2, 0) is 6.54 Å². The molecule has 0 saturated carbocycles. The van der Waals surface area contributed by atoms with E-state index < -0.39 is 0 Å². The number of nitrogens with zero attached hydrogens (tertiary/aromatic N) is 1.